The van der Waals surface area contributed by atoms with Crippen molar-refractivity contribution in [2.45, 2.75) is 0 Å². The number of thiocarbonyl (C=S) groups is 1. The van der Waals surface area contributed by atoms with Crippen LogP contribution >= 0.6 is 24.8 Å². The standard InChI is InChI=1S/C8H10N2S2/c1-10(8(11)12)7-5-3-2-4-6(7)9/h2-5H,9H2,1H3,(H,11,12). The van der Waals surface area contributed by atoms with Crippen molar-refractivity contribution in [1.82, 2.24) is 0 Å². The van der Waals surface area contributed by atoms with Crippen molar-refractivity contribution in [2.75, 3.05) is 17.7 Å². The Morgan fingerprint density at radius 2 is 2.08 bits per heavy atom. The summed E-state index contributed by atoms with van der Waals surface area (Å²) in [5.41, 5.74) is 7.32. The largest absolute Gasteiger partial charge is 0.397 e. The minimum Gasteiger partial charge on any atom is -0.397 e. The Morgan fingerprint density at radius 1 is 1.50 bits per heavy atom. The third-order valence-electron chi connectivity index (χ3n) is 1.59. The van der Waals surface area contributed by atoms with E-state index in [0.29, 0.717) is 10.0 Å². The molecule has 0 aliphatic heterocycles. The lowest BCUT2D eigenvalue weighted by Gasteiger charge is -2.18. The number of nitrogens with two attached hydrogens (primary N) is 1. The van der Waals surface area contributed by atoms with Crippen LogP contribution in [0.1, 0.15) is 0 Å². The Labute approximate surface area is 82.8 Å². The molecule has 0 aliphatic rings. The fourth-order valence-corrected chi connectivity index (χ4v) is 1.10. The van der Waals surface area contributed by atoms with Crippen LogP contribution < -0.4 is 10.6 Å². The van der Waals surface area contributed by atoms with Crippen LogP contribution in [0.15, 0.2) is 24.3 Å². The van der Waals surface area contributed by atoms with E-state index in [1.165, 1.54) is 0 Å². The Bertz CT molecular complexity index is 299. The quantitative estimate of drug-likeness (QED) is 0.410. The van der Waals surface area contributed by atoms with Crippen molar-refractivity contribution in [3.63, 3.8) is 0 Å². The van der Waals surface area contributed by atoms with E-state index < -0.39 is 0 Å². The first-order valence-corrected chi connectivity index (χ1v) is 4.29. The van der Waals surface area contributed by atoms with E-state index in [2.05, 4.69) is 12.6 Å². The molecule has 0 aromatic heterocycles. The highest BCUT2D eigenvalue weighted by Crippen LogP contribution is 2.21. The molecule has 1 aromatic carbocycles. The monoisotopic (exact) mass is 198 g/mol. The SMILES string of the molecule is CN(C(=S)S)c1ccccc1N. The summed E-state index contributed by atoms with van der Waals surface area (Å²) in [5.74, 6) is 0. The van der Waals surface area contributed by atoms with Gasteiger partial charge in [0.05, 0.1) is 11.4 Å². The third-order valence-corrected chi connectivity index (χ3v) is 2.16. The number of nitrogen functional groups attached to an aromatic ring is 1. The van der Waals surface area contributed by atoms with E-state index in [0.717, 1.165) is 5.69 Å². The second kappa shape index (κ2) is 3.78. The van der Waals surface area contributed by atoms with Crippen LogP contribution in [0.2, 0.25) is 0 Å². The molecule has 0 unspecified atom stereocenters. The molecule has 12 heavy (non-hydrogen) atoms. The van der Waals surface area contributed by atoms with Crippen LogP contribution in [0.4, 0.5) is 11.4 Å². The summed E-state index contributed by atoms with van der Waals surface area (Å²) >= 11 is 8.95. The van der Waals surface area contributed by atoms with Crippen LogP contribution in [0.3, 0.4) is 0 Å². The zero-order valence-corrected chi connectivity index (χ0v) is 8.40. The second-order valence-electron chi connectivity index (χ2n) is 2.40. The Kier molecular flexibility index (Phi) is 2.94. The van der Waals surface area contributed by atoms with Gasteiger partial charge >= 0.3 is 0 Å². The number of rotatable bonds is 1. The van der Waals surface area contributed by atoms with E-state index in [9.17, 15) is 0 Å². The van der Waals surface area contributed by atoms with Crippen molar-refractivity contribution < 1.29 is 0 Å². The number of para-hydroxylation sites is 2. The van der Waals surface area contributed by atoms with E-state index in [-0.39, 0.29) is 0 Å². The summed E-state index contributed by atoms with van der Waals surface area (Å²) in [6.45, 7) is 0. The topological polar surface area (TPSA) is 29.3 Å². The highest BCUT2D eigenvalue weighted by atomic mass is 32.1. The zero-order valence-electron chi connectivity index (χ0n) is 6.69. The van der Waals surface area contributed by atoms with Gasteiger partial charge in [-0.3, -0.25) is 0 Å². The highest BCUT2D eigenvalue weighted by molar-refractivity contribution is 8.11. The molecule has 4 heteroatoms. The van der Waals surface area contributed by atoms with Gasteiger partial charge in [0.25, 0.3) is 0 Å². The molecule has 0 radical (unpaired) electrons. The summed E-state index contributed by atoms with van der Waals surface area (Å²) in [5, 5.41) is 0. The summed E-state index contributed by atoms with van der Waals surface area (Å²) in [6.07, 6.45) is 0. The number of benzene rings is 1. The molecule has 0 atom stereocenters. The molecule has 0 heterocycles. The first kappa shape index (κ1) is 9.35. The highest BCUT2D eigenvalue weighted by Gasteiger charge is 2.04. The Balaban J connectivity index is 3.02. The molecule has 1 aromatic rings. The van der Waals surface area contributed by atoms with Crippen molar-refractivity contribution in [2.24, 2.45) is 0 Å². The smallest absolute Gasteiger partial charge is 0.137 e. The molecule has 0 aliphatic carbocycles. The maximum atomic E-state index is 5.72. The summed E-state index contributed by atoms with van der Waals surface area (Å²) in [6, 6.07) is 7.53. The van der Waals surface area contributed by atoms with Gasteiger partial charge in [-0.2, -0.15) is 0 Å². The van der Waals surface area contributed by atoms with Gasteiger partial charge in [0.2, 0.25) is 0 Å². The predicted octanol–water partition coefficient (Wildman–Crippen LogP) is 1.92. The van der Waals surface area contributed by atoms with E-state index in [1.807, 2.05) is 31.3 Å². The third kappa shape index (κ3) is 1.89. The lowest BCUT2D eigenvalue weighted by molar-refractivity contribution is 1.31. The van der Waals surface area contributed by atoms with Gasteiger partial charge in [-0.1, -0.05) is 24.4 Å². The molecular formula is C8H10N2S2. The molecule has 1 rings (SSSR count). The van der Waals surface area contributed by atoms with Crippen LogP contribution in [0, 0.1) is 0 Å². The van der Waals surface area contributed by atoms with E-state index >= 15 is 0 Å². The lowest BCUT2D eigenvalue weighted by atomic mass is 10.2. The molecule has 0 spiro atoms. The molecule has 0 amide bonds. The molecule has 64 valence electrons. The molecule has 0 fully saturated rings. The number of thiol groups is 1. The Morgan fingerprint density at radius 3 is 2.58 bits per heavy atom. The second-order valence-corrected chi connectivity index (χ2v) is 3.51. The minimum absolute atomic E-state index is 0.507. The molecule has 2 N–H and O–H groups in total. The number of hydrogen-bond acceptors (Lipinski definition) is 2. The van der Waals surface area contributed by atoms with Crippen LogP contribution in [-0.2, 0) is 0 Å². The van der Waals surface area contributed by atoms with Crippen molar-refractivity contribution in [3.05, 3.63) is 24.3 Å². The van der Waals surface area contributed by atoms with Gasteiger partial charge in [0.1, 0.15) is 4.32 Å². The van der Waals surface area contributed by atoms with E-state index in [1.54, 1.807) is 4.90 Å². The van der Waals surface area contributed by atoms with Gasteiger partial charge in [0.15, 0.2) is 0 Å². The van der Waals surface area contributed by atoms with Crippen LogP contribution in [0.25, 0.3) is 0 Å². The number of anilines is 2. The van der Waals surface area contributed by atoms with Crippen molar-refractivity contribution in [3.8, 4) is 0 Å². The molecular weight excluding hydrogens is 188 g/mol. The number of hydrogen-bond donors (Lipinski definition) is 2. The van der Waals surface area contributed by atoms with E-state index in [4.69, 9.17) is 18.0 Å². The normalized spacial score (nSPS) is 9.50. The van der Waals surface area contributed by atoms with Crippen molar-refractivity contribution in [1.29, 1.82) is 0 Å². The average Bonchev–Trinajstić information content (AvgIpc) is 2.04. The molecule has 0 saturated carbocycles. The Hall–Kier alpha value is -0.740. The fraction of sp³-hybridized carbons (Fsp3) is 0.125. The summed E-state index contributed by atoms with van der Waals surface area (Å²) in [4.78, 5) is 1.76. The molecule has 0 bridgehead atoms. The predicted molar refractivity (Wildman–Crippen MR) is 60.8 cm³/mol. The maximum Gasteiger partial charge on any atom is 0.137 e. The van der Waals surface area contributed by atoms with Crippen LogP contribution in [-0.4, -0.2) is 11.4 Å². The number of nitrogens with zero attached hydrogens (tertiary/aromatic N) is 1. The molecule has 0 saturated heterocycles. The first-order valence-electron chi connectivity index (χ1n) is 3.44. The summed E-state index contributed by atoms with van der Waals surface area (Å²) in [7, 11) is 1.83. The summed E-state index contributed by atoms with van der Waals surface area (Å²) < 4.78 is 0.507. The van der Waals surface area contributed by atoms with Gasteiger partial charge < -0.3 is 10.6 Å². The van der Waals surface area contributed by atoms with Gasteiger partial charge in [-0.05, 0) is 12.1 Å². The average molecular weight is 198 g/mol. The van der Waals surface area contributed by atoms with Gasteiger partial charge in [-0.15, -0.1) is 12.6 Å². The maximum absolute atomic E-state index is 5.72. The molecule has 2 nitrogen and oxygen atoms in total. The minimum atomic E-state index is 0.507. The van der Waals surface area contributed by atoms with Crippen molar-refractivity contribution >= 4 is 40.5 Å². The first-order chi connectivity index (χ1) is 5.63. The van der Waals surface area contributed by atoms with Gasteiger partial charge in [-0.25, -0.2) is 0 Å². The van der Waals surface area contributed by atoms with Crippen LogP contribution in [0.5, 0.6) is 0 Å². The van der Waals surface area contributed by atoms with Gasteiger partial charge in [0, 0.05) is 7.05 Å². The lowest BCUT2D eigenvalue weighted by Crippen LogP contribution is -2.20. The fourth-order valence-electron chi connectivity index (χ4n) is 0.896. The zero-order chi connectivity index (χ0) is 9.14.